The van der Waals surface area contributed by atoms with Crippen molar-refractivity contribution in [3.05, 3.63) is 228 Å². The molecule has 0 amide bonds. The summed E-state index contributed by atoms with van der Waals surface area (Å²) in [4.78, 5) is 7.88. The number of anilines is 1. The fourth-order valence-corrected chi connectivity index (χ4v) is 8.96. The number of furan rings is 1. The number of nitrogens with zero attached hydrogens (tertiary/aromatic N) is 3. The first-order valence-electron chi connectivity index (χ1n) is 20.8. The van der Waals surface area contributed by atoms with Crippen LogP contribution >= 0.6 is 0 Å². The van der Waals surface area contributed by atoms with Gasteiger partial charge in [-0.15, -0.1) is 0 Å². The molecule has 4 nitrogen and oxygen atoms in total. The van der Waals surface area contributed by atoms with E-state index in [1.807, 2.05) is 19.1 Å². The Morgan fingerprint density at radius 3 is 1.80 bits per heavy atom. The van der Waals surface area contributed by atoms with E-state index in [4.69, 9.17) is 9.41 Å². The van der Waals surface area contributed by atoms with Crippen LogP contribution in [0.4, 0.5) is 5.69 Å². The van der Waals surface area contributed by atoms with Gasteiger partial charge in [0.15, 0.2) is 0 Å². The lowest BCUT2D eigenvalue weighted by molar-refractivity contribution is 0.575. The Labute approximate surface area is 354 Å². The molecule has 0 saturated heterocycles. The zero-order valence-corrected chi connectivity index (χ0v) is 34.0. The molecule has 0 fully saturated rings. The van der Waals surface area contributed by atoms with Gasteiger partial charge < -0.3 is 13.9 Å². The Kier molecular flexibility index (Phi) is 8.90. The Hall–Kier alpha value is -7.95. The second-order valence-electron chi connectivity index (χ2n) is 15.6. The van der Waals surface area contributed by atoms with Crippen molar-refractivity contribution in [1.82, 2.24) is 4.57 Å². The van der Waals surface area contributed by atoms with Gasteiger partial charge in [0.25, 0.3) is 0 Å². The monoisotopic (exact) mass is 783 g/mol. The molecule has 0 spiro atoms. The second-order valence-corrected chi connectivity index (χ2v) is 15.6. The molecule has 3 heterocycles. The normalized spacial score (nSPS) is 14.0. The van der Waals surface area contributed by atoms with Gasteiger partial charge in [-0.1, -0.05) is 140 Å². The highest BCUT2D eigenvalue weighted by molar-refractivity contribution is 6.20. The van der Waals surface area contributed by atoms with E-state index in [-0.39, 0.29) is 0 Å². The van der Waals surface area contributed by atoms with Crippen LogP contribution in [0.25, 0.3) is 83.7 Å². The first-order chi connectivity index (χ1) is 30.1. The number of fused-ring (bicyclic) bond motifs is 5. The summed E-state index contributed by atoms with van der Waals surface area (Å²) in [6, 6.07) is 69.3. The molecule has 0 radical (unpaired) electrons. The lowest BCUT2D eigenvalue weighted by Gasteiger charge is -2.29. The van der Waals surface area contributed by atoms with E-state index in [0.717, 1.165) is 89.0 Å². The summed E-state index contributed by atoms with van der Waals surface area (Å²) >= 11 is 0. The maximum atomic E-state index is 6.73. The average molecular weight is 784 g/mol. The van der Waals surface area contributed by atoms with Crippen LogP contribution in [0.2, 0.25) is 0 Å². The molecule has 290 valence electrons. The maximum absolute atomic E-state index is 6.73. The summed E-state index contributed by atoms with van der Waals surface area (Å²) in [6.07, 6.45) is 6.12. The van der Waals surface area contributed by atoms with E-state index >= 15 is 0 Å². The number of hydrogen-bond acceptors (Lipinski definition) is 3. The van der Waals surface area contributed by atoms with Gasteiger partial charge >= 0.3 is 0 Å². The Bertz CT molecular complexity index is 3430. The first-order valence-corrected chi connectivity index (χ1v) is 20.8. The van der Waals surface area contributed by atoms with Crippen LogP contribution in [0.15, 0.2) is 216 Å². The van der Waals surface area contributed by atoms with E-state index < -0.39 is 0 Å². The minimum Gasteiger partial charge on any atom is -0.456 e. The topological polar surface area (TPSA) is 33.7 Å². The molecule has 1 aliphatic rings. The summed E-state index contributed by atoms with van der Waals surface area (Å²) in [7, 11) is 2.11. The number of para-hydroxylation sites is 3. The minimum atomic E-state index is 0.763. The summed E-state index contributed by atoms with van der Waals surface area (Å²) in [5, 5.41) is 4.40. The summed E-state index contributed by atoms with van der Waals surface area (Å²) in [5.41, 5.74) is 16.1. The van der Waals surface area contributed by atoms with Crippen molar-refractivity contribution in [1.29, 1.82) is 0 Å². The van der Waals surface area contributed by atoms with Crippen molar-refractivity contribution >= 4 is 56.1 Å². The molecule has 0 N–H and O–H groups in total. The number of aromatic nitrogens is 1. The summed E-state index contributed by atoms with van der Waals surface area (Å²) < 4.78 is 9.09. The molecule has 0 bridgehead atoms. The molecule has 0 aliphatic carbocycles. The van der Waals surface area contributed by atoms with Crippen molar-refractivity contribution in [2.24, 2.45) is 4.99 Å². The molecule has 0 saturated carbocycles. The third-order valence-electron chi connectivity index (χ3n) is 11.9. The fraction of sp³-hybridized carbons (Fsp3) is 0.0351. The van der Waals surface area contributed by atoms with Gasteiger partial charge in [-0.2, -0.15) is 0 Å². The van der Waals surface area contributed by atoms with Gasteiger partial charge in [0.1, 0.15) is 16.8 Å². The van der Waals surface area contributed by atoms with Crippen molar-refractivity contribution in [2.75, 3.05) is 11.9 Å². The lowest BCUT2D eigenvalue weighted by atomic mass is 9.91. The van der Waals surface area contributed by atoms with Crippen LogP contribution in [-0.2, 0) is 0 Å². The zero-order valence-electron chi connectivity index (χ0n) is 34.0. The fourth-order valence-electron chi connectivity index (χ4n) is 8.96. The van der Waals surface area contributed by atoms with Crippen LogP contribution in [0.3, 0.4) is 0 Å². The zero-order chi connectivity index (χ0) is 40.9. The van der Waals surface area contributed by atoms with Gasteiger partial charge in [0.2, 0.25) is 0 Å². The Balaban J connectivity index is 1.15. The number of rotatable bonds is 6. The van der Waals surface area contributed by atoms with Gasteiger partial charge in [-0.25, -0.2) is 4.99 Å². The summed E-state index contributed by atoms with van der Waals surface area (Å²) in [6.45, 7) is 2.03. The number of hydrogen-bond donors (Lipinski definition) is 0. The van der Waals surface area contributed by atoms with E-state index in [1.54, 1.807) is 0 Å². The molecule has 4 heteroatoms. The van der Waals surface area contributed by atoms with E-state index in [2.05, 4.69) is 217 Å². The molecule has 61 heavy (non-hydrogen) atoms. The molecular weight excluding hydrogens is 743 g/mol. The van der Waals surface area contributed by atoms with Crippen molar-refractivity contribution in [3.63, 3.8) is 0 Å². The molecular formula is C57H41N3O. The second kappa shape index (κ2) is 15.0. The quantitative estimate of drug-likeness (QED) is 0.168. The molecule has 0 unspecified atom stereocenters. The molecule has 11 rings (SSSR count). The van der Waals surface area contributed by atoms with E-state index in [0.29, 0.717) is 0 Å². The largest absolute Gasteiger partial charge is 0.456 e. The average Bonchev–Trinajstić information content (AvgIpc) is 3.86. The lowest BCUT2D eigenvalue weighted by Crippen LogP contribution is -2.33. The third-order valence-corrected chi connectivity index (χ3v) is 11.9. The van der Waals surface area contributed by atoms with Crippen LogP contribution in [0.5, 0.6) is 0 Å². The third kappa shape index (κ3) is 6.28. The van der Waals surface area contributed by atoms with Crippen LogP contribution in [0.1, 0.15) is 18.1 Å². The van der Waals surface area contributed by atoms with E-state index in [1.165, 1.54) is 21.8 Å². The van der Waals surface area contributed by atoms with Gasteiger partial charge in [0.05, 0.1) is 27.7 Å². The molecule has 10 aromatic rings. The molecule has 2 aromatic heterocycles. The van der Waals surface area contributed by atoms with Crippen LogP contribution in [0, 0.1) is 0 Å². The van der Waals surface area contributed by atoms with Gasteiger partial charge in [-0.3, -0.25) is 0 Å². The number of aliphatic imine (C=N–C) groups is 1. The highest BCUT2D eigenvalue weighted by Crippen LogP contribution is 2.37. The minimum absolute atomic E-state index is 0.763. The molecule has 1 aliphatic heterocycles. The predicted molar refractivity (Wildman–Crippen MR) is 256 cm³/mol. The van der Waals surface area contributed by atoms with Crippen molar-refractivity contribution < 1.29 is 4.42 Å². The SMILES string of the molecule is C\C=C/C=c1/oc2ccc(-c3ccc4c(c3)c3ccccc3n4-c3ccccc3)cc2/c1=C1\N=C(c2cc(-c3ccccc3)cc(-c3ccccc3)c2)c2ccccc2N1C. The van der Waals surface area contributed by atoms with E-state index in [9.17, 15) is 0 Å². The first kappa shape index (κ1) is 36.2. The highest BCUT2D eigenvalue weighted by Gasteiger charge is 2.25. The molecule has 0 atom stereocenters. The Morgan fingerprint density at radius 1 is 0.492 bits per heavy atom. The van der Waals surface area contributed by atoms with Gasteiger partial charge in [0, 0.05) is 40.0 Å². The van der Waals surface area contributed by atoms with Gasteiger partial charge in [-0.05, 0) is 113 Å². The smallest absolute Gasteiger partial charge is 0.145 e. The Morgan fingerprint density at radius 2 is 1.08 bits per heavy atom. The number of allylic oxidation sites excluding steroid dienone is 2. The number of benzene rings is 8. The van der Waals surface area contributed by atoms with Crippen LogP contribution in [-0.4, -0.2) is 17.3 Å². The molecule has 8 aromatic carbocycles. The standard InChI is InChI=1S/C57H41N3O/c1-3-4-28-54-55(49-37-41(30-32-53(49)61-54)40-29-31-52-48(36-40)46-24-14-17-27-51(46)60(52)45-22-12-7-13-23-45)57-58-56(47-25-15-16-26-50(47)59(57)2)44-34-42(38-18-8-5-9-19-38)33-43(35-44)39-20-10-6-11-21-39/h3-37H,1-2H3/b4-3-,54-28+,57-55-. The van der Waals surface area contributed by atoms with Crippen molar-refractivity contribution in [3.8, 4) is 39.1 Å². The van der Waals surface area contributed by atoms with Crippen LogP contribution < -0.4 is 15.5 Å². The van der Waals surface area contributed by atoms with Crippen molar-refractivity contribution in [2.45, 2.75) is 6.92 Å². The highest BCUT2D eigenvalue weighted by atomic mass is 16.3. The predicted octanol–water partition coefficient (Wildman–Crippen LogP) is 12.9. The maximum Gasteiger partial charge on any atom is 0.145 e. The summed E-state index contributed by atoms with van der Waals surface area (Å²) in [5.74, 6) is 0.827.